The number of thioether (sulfide) groups is 4. The fraction of sp³-hybridized carbons (Fsp3) is 0.600. The van der Waals surface area contributed by atoms with E-state index in [1.165, 1.54) is 22.3 Å². The Bertz CT molecular complexity index is 1760. The molecule has 0 nitrogen and oxygen atoms in total. The van der Waals surface area contributed by atoms with E-state index in [1.54, 1.807) is 66.8 Å². The molecule has 0 atom stereocenters. The van der Waals surface area contributed by atoms with Crippen LogP contribution in [-0.2, 0) is 73.0 Å². The van der Waals surface area contributed by atoms with E-state index < -0.39 is 0 Å². The molecule has 0 N–H and O–H groups in total. The van der Waals surface area contributed by atoms with Gasteiger partial charge in [-0.2, -0.15) is 47.0 Å². The van der Waals surface area contributed by atoms with Crippen LogP contribution in [0.2, 0.25) is 0 Å². The van der Waals surface area contributed by atoms with Gasteiger partial charge in [-0.1, -0.05) is 159 Å². The van der Waals surface area contributed by atoms with Crippen molar-refractivity contribution < 1.29 is 0 Å². The first kappa shape index (κ1) is 53.2. The van der Waals surface area contributed by atoms with Crippen LogP contribution in [0, 0.1) is 0 Å². The maximum Gasteiger partial charge on any atom is -0.00199 e. The van der Waals surface area contributed by atoms with Gasteiger partial charge in [0.15, 0.2) is 0 Å². The highest BCUT2D eigenvalue weighted by molar-refractivity contribution is 7.99. The number of hydrogen-bond acceptors (Lipinski definition) is 4. The van der Waals surface area contributed by atoms with Crippen molar-refractivity contribution in [1.29, 1.82) is 0 Å². The highest BCUT2D eigenvalue weighted by Crippen LogP contribution is 2.40. The molecule has 64 heavy (non-hydrogen) atoms. The first-order chi connectivity index (χ1) is 30.1. The molecule has 5 rings (SSSR count). The fourth-order valence-electron chi connectivity index (χ4n) is 9.56. The third-order valence-corrected chi connectivity index (χ3v) is 17.1. The summed E-state index contributed by atoms with van der Waals surface area (Å²) >= 11 is 8.42. The minimum atomic E-state index is 0.0407. The Morgan fingerprint density at radius 1 is 0.297 bits per heavy atom. The van der Waals surface area contributed by atoms with Gasteiger partial charge in [0.25, 0.3) is 0 Å². The van der Waals surface area contributed by atoms with E-state index in [0.29, 0.717) is 0 Å². The van der Waals surface area contributed by atoms with Crippen molar-refractivity contribution >= 4 is 47.0 Å². The zero-order valence-electron chi connectivity index (χ0n) is 43.6. The van der Waals surface area contributed by atoms with Crippen LogP contribution in [-0.4, -0.2) is 46.0 Å². The summed E-state index contributed by atoms with van der Waals surface area (Å²) in [6.45, 7) is 38.5. The predicted octanol–water partition coefficient (Wildman–Crippen LogP) is 16.7. The average Bonchev–Trinajstić information content (AvgIpc) is 3.19. The van der Waals surface area contributed by atoms with Crippen molar-refractivity contribution in [1.82, 2.24) is 0 Å². The maximum atomic E-state index is 2.66. The molecular formula is C60H88S4. The number of fused-ring (bicyclic) bond motifs is 8. The lowest BCUT2D eigenvalue weighted by molar-refractivity contribution is 0.586. The quantitative estimate of drug-likeness (QED) is 0.0904. The van der Waals surface area contributed by atoms with E-state index in [9.17, 15) is 0 Å². The highest BCUT2D eigenvalue weighted by atomic mass is 32.2. The minimum absolute atomic E-state index is 0.0407. The molecule has 0 spiro atoms. The molecule has 4 aromatic rings. The maximum absolute atomic E-state index is 2.66. The molecule has 0 aliphatic heterocycles. The summed E-state index contributed by atoms with van der Waals surface area (Å²) in [6, 6.07) is 21.3. The van der Waals surface area contributed by atoms with Gasteiger partial charge in [0.05, 0.1) is 0 Å². The SMILES string of the molecule is CCSCCc1c2cc(C(C)(C)C)cc1Cc1cc(C(C)(C)C)cc(c1CCSCC)Cc1cc(C(C)(C)C)cc(c1CCSCC)Cc1cc(C(C)(C)C)cc(c1CCSCC)C2. The van der Waals surface area contributed by atoms with E-state index in [2.05, 4.69) is 206 Å². The summed E-state index contributed by atoms with van der Waals surface area (Å²) in [7, 11) is 0. The lowest BCUT2D eigenvalue weighted by Gasteiger charge is -2.30. The number of hydrogen-bond donors (Lipinski definition) is 0. The molecule has 0 radical (unpaired) electrons. The van der Waals surface area contributed by atoms with Gasteiger partial charge in [0, 0.05) is 0 Å². The molecule has 4 aromatic carbocycles. The van der Waals surface area contributed by atoms with E-state index in [1.807, 2.05) is 0 Å². The highest BCUT2D eigenvalue weighted by Gasteiger charge is 2.28. The van der Waals surface area contributed by atoms with Crippen LogP contribution < -0.4 is 0 Å². The smallest absolute Gasteiger partial charge is 0.00199 e. The van der Waals surface area contributed by atoms with E-state index in [-0.39, 0.29) is 21.7 Å². The van der Waals surface area contributed by atoms with Gasteiger partial charge in [-0.05, 0) is 208 Å². The second kappa shape index (κ2) is 23.1. The second-order valence-corrected chi connectivity index (χ2v) is 28.2. The molecule has 8 bridgehead atoms. The van der Waals surface area contributed by atoms with E-state index >= 15 is 0 Å². The normalized spacial score (nSPS) is 13.8. The molecule has 0 heterocycles. The standard InChI is InChI=1S/C60H88S4/c1-17-61-25-21-53-41-29-43-35-50(58(8,9)10)37-45(54(43)22-26-62-18-2)31-47-39-52(60(14,15)16)40-48(56(47)24-28-64-20-4)32-46-38-51(59(11,12)13)36-44(55(46)23-27-63-19-3)30-42(53)34-49(33-41)57(5,6)7/h33-40H,17-32H2,1-16H3. The summed E-state index contributed by atoms with van der Waals surface area (Å²) in [5.41, 5.74) is 25.1. The first-order valence-electron chi connectivity index (χ1n) is 25.0. The molecular weight excluding hydrogens is 849 g/mol. The molecule has 0 saturated carbocycles. The average molecular weight is 938 g/mol. The summed E-state index contributed by atoms with van der Waals surface area (Å²) in [5.74, 6) is 9.29. The van der Waals surface area contributed by atoms with Crippen molar-refractivity contribution in [3.8, 4) is 0 Å². The molecule has 0 amide bonds. The Kier molecular flexibility index (Phi) is 19.2. The van der Waals surface area contributed by atoms with Gasteiger partial charge >= 0.3 is 0 Å². The molecule has 0 saturated heterocycles. The van der Waals surface area contributed by atoms with Crippen LogP contribution in [0.15, 0.2) is 48.5 Å². The van der Waals surface area contributed by atoms with Crippen LogP contribution >= 0.6 is 47.0 Å². The lowest BCUT2D eigenvalue weighted by atomic mass is 9.75. The Morgan fingerprint density at radius 3 is 0.578 bits per heavy atom. The predicted molar refractivity (Wildman–Crippen MR) is 299 cm³/mol. The monoisotopic (exact) mass is 937 g/mol. The summed E-state index contributed by atoms with van der Waals surface area (Å²) in [4.78, 5) is 0. The van der Waals surface area contributed by atoms with Crippen LogP contribution in [0.25, 0.3) is 0 Å². The van der Waals surface area contributed by atoms with Gasteiger partial charge in [0.1, 0.15) is 0 Å². The minimum Gasteiger partial charge on any atom is -0.162 e. The third-order valence-electron chi connectivity index (χ3n) is 13.5. The Labute approximate surface area is 411 Å². The third kappa shape index (κ3) is 14.2. The van der Waals surface area contributed by atoms with Gasteiger partial charge in [-0.3, -0.25) is 0 Å². The summed E-state index contributed by atoms with van der Waals surface area (Å²) in [6.07, 6.45) is 8.44. The van der Waals surface area contributed by atoms with Crippen molar-refractivity contribution in [3.05, 3.63) is 138 Å². The molecule has 0 unspecified atom stereocenters. The first-order valence-corrected chi connectivity index (χ1v) is 29.6. The van der Waals surface area contributed by atoms with Crippen molar-refractivity contribution in [2.24, 2.45) is 0 Å². The zero-order chi connectivity index (χ0) is 47.0. The van der Waals surface area contributed by atoms with Gasteiger partial charge < -0.3 is 0 Å². The molecule has 4 heteroatoms. The van der Waals surface area contributed by atoms with Gasteiger partial charge in [0.2, 0.25) is 0 Å². The van der Waals surface area contributed by atoms with Crippen LogP contribution in [0.1, 0.15) is 200 Å². The van der Waals surface area contributed by atoms with Gasteiger partial charge in [-0.15, -0.1) is 0 Å². The Morgan fingerprint density at radius 2 is 0.453 bits per heavy atom. The lowest BCUT2D eigenvalue weighted by Crippen LogP contribution is -2.19. The van der Waals surface area contributed by atoms with Crippen molar-refractivity contribution in [2.75, 3.05) is 46.0 Å². The number of rotatable bonds is 16. The molecule has 0 fully saturated rings. The topological polar surface area (TPSA) is 0 Å². The van der Waals surface area contributed by atoms with Crippen LogP contribution in [0.3, 0.4) is 0 Å². The van der Waals surface area contributed by atoms with Crippen LogP contribution in [0.4, 0.5) is 0 Å². The molecule has 0 aromatic heterocycles. The molecule has 1 aliphatic carbocycles. The molecule has 1 aliphatic rings. The van der Waals surface area contributed by atoms with E-state index in [4.69, 9.17) is 0 Å². The van der Waals surface area contributed by atoms with E-state index in [0.717, 1.165) is 97.4 Å². The second-order valence-electron chi connectivity index (χ2n) is 22.6. The number of benzene rings is 4. The largest absolute Gasteiger partial charge is 0.162 e. The molecule has 352 valence electrons. The fourth-order valence-corrected chi connectivity index (χ4v) is 12.1. The van der Waals surface area contributed by atoms with Crippen LogP contribution in [0.5, 0.6) is 0 Å². The Hall–Kier alpha value is -1.72. The summed E-state index contributed by atoms with van der Waals surface area (Å²) in [5, 5.41) is 0. The Balaban J connectivity index is 2.01. The van der Waals surface area contributed by atoms with Crippen molar-refractivity contribution in [2.45, 2.75) is 184 Å². The summed E-state index contributed by atoms with van der Waals surface area (Å²) < 4.78 is 0. The van der Waals surface area contributed by atoms with Crippen molar-refractivity contribution in [3.63, 3.8) is 0 Å². The van der Waals surface area contributed by atoms with Gasteiger partial charge in [-0.25, -0.2) is 0 Å². The zero-order valence-corrected chi connectivity index (χ0v) is 46.8.